The molecule has 0 aliphatic carbocycles. The Morgan fingerprint density at radius 3 is 2.47 bits per heavy atom. The fraction of sp³-hybridized carbons (Fsp3) is 0.188. The first-order chi connectivity index (χ1) is 9.24. The van der Waals surface area contributed by atoms with Crippen LogP contribution in [0.1, 0.15) is 11.1 Å². The van der Waals surface area contributed by atoms with Crippen molar-refractivity contribution in [1.82, 2.24) is 0 Å². The highest BCUT2D eigenvalue weighted by Crippen LogP contribution is 2.27. The van der Waals surface area contributed by atoms with Crippen LogP contribution in [0.5, 0.6) is 0 Å². The maximum atomic E-state index is 12.1. The maximum absolute atomic E-state index is 12.1. The zero-order chi connectivity index (χ0) is 13.2. The Morgan fingerprint density at radius 2 is 1.68 bits per heavy atom. The number of aryl methyl sites for hydroxylation is 1. The molecule has 0 radical (unpaired) electrons. The second-order valence-electron chi connectivity index (χ2n) is 4.86. The fourth-order valence-electron chi connectivity index (χ4n) is 2.39. The van der Waals surface area contributed by atoms with E-state index in [1.54, 1.807) is 0 Å². The first-order valence-corrected chi connectivity index (χ1v) is 6.45. The molecular weight excluding hydrogens is 236 g/mol. The molecule has 3 heteroatoms. The van der Waals surface area contributed by atoms with E-state index in [0.717, 1.165) is 11.4 Å². The molecule has 1 atom stereocenters. The second-order valence-corrected chi connectivity index (χ2v) is 4.86. The van der Waals surface area contributed by atoms with Crippen molar-refractivity contribution in [2.45, 2.75) is 19.4 Å². The molecule has 1 heterocycles. The highest BCUT2D eigenvalue weighted by molar-refractivity contribution is 6.03. The lowest BCUT2D eigenvalue weighted by atomic mass is 9.99. The lowest BCUT2D eigenvalue weighted by molar-refractivity contribution is -0.117. The van der Waals surface area contributed by atoms with Crippen LogP contribution in [0.2, 0.25) is 0 Å². The van der Waals surface area contributed by atoms with Crippen molar-refractivity contribution in [1.29, 1.82) is 0 Å². The SMILES string of the molecule is Cc1ccccc1CC1Nc2ccccc2NC1=O. The predicted octanol–water partition coefficient (Wildman–Crippen LogP) is 2.97. The molecule has 1 aliphatic heterocycles. The zero-order valence-corrected chi connectivity index (χ0v) is 10.8. The molecule has 0 spiro atoms. The number of carbonyl (C=O) groups is 1. The second kappa shape index (κ2) is 4.76. The Bertz CT molecular complexity index is 622. The number of fused-ring (bicyclic) bond motifs is 1. The van der Waals surface area contributed by atoms with Gasteiger partial charge in [-0.15, -0.1) is 0 Å². The average molecular weight is 252 g/mol. The Balaban J connectivity index is 1.84. The summed E-state index contributed by atoms with van der Waals surface area (Å²) in [5, 5.41) is 6.26. The van der Waals surface area contributed by atoms with Gasteiger partial charge in [-0.1, -0.05) is 36.4 Å². The van der Waals surface area contributed by atoms with Crippen LogP contribution < -0.4 is 10.6 Å². The van der Waals surface area contributed by atoms with Gasteiger partial charge in [0.25, 0.3) is 0 Å². The number of para-hydroxylation sites is 2. The van der Waals surface area contributed by atoms with Crippen molar-refractivity contribution in [3.63, 3.8) is 0 Å². The standard InChI is InChI=1S/C16H16N2O/c1-11-6-2-3-7-12(11)10-15-16(19)18-14-9-5-4-8-13(14)17-15/h2-9,15,17H,10H2,1H3,(H,18,19). The van der Waals surface area contributed by atoms with Gasteiger partial charge in [0.05, 0.1) is 11.4 Å². The van der Waals surface area contributed by atoms with Crippen molar-refractivity contribution in [2.24, 2.45) is 0 Å². The van der Waals surface area contributed by atoms with Gasteiger partial charge in [0, 0.05) is 6.42 Å². The van der Waals surface area contributed by atoms with Crippen molar-refractivity contribution in [3.8, 4) is 0 Å². The summed E-state index contributed by atoms with van der Waals surface area (Å²) in [5.41, 5.74) is 4.26. The van der Waals surface area contributed by atoms with E-state index in [9.17, 15) is 4.79 Å². The van der Waals surface area contributed by atoms with E-state index < -0.39 is 0 Å². The van der Waals surface area contributed by atoms with Gasteiger partial charge in [0.1, 0.15) is 6.04 Å². The zero-order valence-electron chi connectivity index (χ0n) is 10.8. The van der Waals surface area contributed by atoms with Gasteiger partial charge in [0.15, 0.2) is 0 Å². The average Bonchev–Trinajstić information content (AvgIpc) is 2.42. The topological polar surface area (TPSA) is 41.1 Å². The van der Waals surface area contributed by atoms with Crippen LogP contribution in [-0.2, 0) is 11.2 Å². The predicted molar refractivity (Wildman–Crippen MR) is 77.4 cm³/mol. The number of benzene rings is 2. The Hall–Kier alpha value is -2.29. The van der Waals surface area contributed by atoms with Crippen LogP contribution >= 0.6 is 0 Å². The van der Waals surface area contributed by atoms with E-state index >= 15 is 0 Å². The van der Waals surface area contributed by atoms with E-state index in [1.165, 1.54) is 11.1 Å². The smallest absolute Gasteiger partial charge is 0.247 e. The number of amides is 1. The van der Waals surface area contributed by atoms with E-state index in [2.05, 4.69) is 29.7 Å². The summed E-state index contributed by atoms with van der Waals surface area (Å²) >= 11 is 0. The third kappa shape index (κ3) is 2.32. The summed E-state index contributed by atoms with van der Waals surface area (Å²) < 4.78 is 0. The molecule has 3 nitrogen and oxygen atoms in total. The molecule has 2 N–H and O–H groups in total. The molecule has 0 saturated heterocycles. The van der Waals surface area contributed by atoms with Crippen molar-refractivity contribution >= 4 is 17.3 Å². The molecule has 96 valence electrons. The number of nitrogens with one attached hydrogen (secondary N) is 2. The van der Waals surface area contributed by atoms with E-state index in [0.29, 0.717) is 6.42 Å². The number of anilines is 2. The molecule has 2 aromatic rings. The van der Waals surface area contributed by atoms with Gasteiger partial charge >= 0.3 is 0 Å². The summed E-state index contributed by atoms with van der Waals surface area (Å²) in [4.78, 5) is 12.1. The maximum Gasteiger partial charge on any atom is 0.247 e. The number of carbonyl (C=O) groups excluding carboxylic acids is 1. The first-order valence-electron chi connectivity index (χ1n) is 6.45. The summed E-state index contributed by atoms with van der Waals surface area (Å²) in [6.07, 6.45) is 0.701. The molecule has 3 rings (SSSR count). The minimum atomic E-state index is -0.212. The van der Waals surface area contributed by atoms with Crippen LogP contribution in [0.3, 0.4) is 0 Å². The van der Waals surface area contributed by atoms with E-state index in [4.69, 9.17) is 0 Å². The lowest BCUT2D eigenvalue weighted by Gasteiger charge is -2.27. The molecular formula is C16H16N2O. The Morgan fingerprint density at radius 1 is 1.00 bits per heavy atom. The molecule has 1 unspecified atom stereocenters. The van der Waals surface area contributed by atoms with Gasteiger partial charge in [-0.2, -0.15) is 0 Å². The van der Waals surface area contributed by atoms with Gasteiger partial charge < -0.3 is 10.6 Å². The number of hydrogen-bond donors (Lipinski definition) is 2. The molecule has 2 aromatic carbocycles. The molecule has 1 amide bonds. The van der Waals surface area contributed by atoms with E-state index in [-0.39, 0.29) is 11.9 Å². The first kappa shape index (κ1) is 11.8. The third-order valence-electron chi connectivity index (χ3n) is 3.52. The van der Waals surface area contributed by atoms with E-state index in [1.807, 2.05) is 36.4 Å². The Kier molecular flexibility index (Phi) is 2.95. The third-order valence-corrected chi connectivity index (χ3v) is 3.52. The van der Waals surface area contributed by atoms with Crippen LogP contribution in [0.4, 0.5) is 11.4 Å². The largest absolute Gasteiger partial charge is 0.372 e. The van der Waals surface area contributed by atoms with Crippen LogP contribution in [0.25, 0.3) is 0 Å². The highest BCUT2D eigenvalue weighted by atomic mass is 16.2. The highest BCUT2D eigenvalue weighted by Gasteiger charge is 2.25. The van der Waals surface area contributed by atoms with Crippen LogP contribution in [-0.4, -0.2) is 11.9 Å². The Labute approximate surface area is 112 Å². The fourth-order valence-corrected chi connectivity index (χ4v) is 2.39. The molecule has 0 saturated carbocycles. The summed E-state index contributed by atoms with van der Waals surface area (Å²) in [5.74, 6) is 0.0296. The van der Waals surface area contributed by atoms with Crippen LogP contribution in [0.15, 0.2) is 48.5 Å². The van der Waals surface area contributed by atoms with Crippen molar-refractivity contribution in [2.75, 3.05) is 10.6 Å². The quantitative estimate of drug-likeness (QED) is 0.862. The molecule has 0 fully saturated rings. The van der Waals surface area contributed by atoms with Crippen molar-refractivity contribution in [3.05, 3.63) is 59.7 Å². The van der Waals surface area contributed by atoms with Crippen molar-refractivity contribution < 1.29 is 4.79 Å². The lowest BCUT2D eigenvalue weighted by Crippen LogP contribution is -2.40. The minimum absolute atomic E-state index is 0.0296. The van der Waals surface area contributed by atoms with Crippen LogP contribution in [0, 0.1) is 6.92 Å². The summed E-state index contributed by atoms with van der Waals surface area (Å²) in [6, 6.07) is 15.7. The molecule has 0 bridgehead atoms. The normalized spacial score (nSPS) is 17.3. The van der Waals surface area contributed by atoms with Gasteiger partial charge in [-0.05, 0) is 30.2 Å². The van der Waals surface area contributed by atoms with Gasteiger partial charge in [0.2, 0.25) is 5.91 Å². The minimum Gasteiger partial charge on any atom is -0.372 e. The molecule has 1 aliphatic rings. The summed E-state index contributed by atoms with van der Waals surface area (Å²) in [6.45, 7) is 2.07. The number of rotatable bonds is 2. The summed E-state index contributed by atoms with van der Waals surface area (Å²) in [7, 11) is 0. The monoisotopic (exact) mass is 252 g/mol. The number of hydrogen-bond acceptors (Lipinski definition) is 2. The van der Waals surface area contributed by atoms with Gasteiger partial charge in [-0.25, -0.2) is 0 Å². The molecule has 0 aromatic heterocycles. The van der Waals surface area contributed by atoms with Gasteiger partial charge in [-0.3, -0.25) is 4.79 Å². The molecule has 19 heavy (non-hydrogen) atoms.